The first-order chi connectivity index (χ1) is 6.88. The molecule has 0 spiro atoms. The monoisotopic (exact) mass is 188 g/mol. The lowest BCUT2D eigenvalue weighted by molar-refractivity contribution is 0.438. The zero-order valence-corrected chi connectivity index (χ0v) is 8.37. The Hall–Kier alpha value is -1.18. The molecule has 0 saturated heterocycles. The summed E-state index contributed by atoms with van der Waals surface area (Å²) in [6.45, 7) is 0. The summed E-state index contributed by atoms with van der Waals surface area (Å²) in [5.74, 6) is 0.457. The fourth-order valence-electron chi connectivity index (χ4n) is 2.12. The maximum atomic E-state index is 8.06. The normalized spacial score (nSPS) is 18.0. The summed E-state index contributed by atoms with van der Waals surface area (Å²) in [7, 11) is 0. The third-order valence-electron chi connectivity index (χ3n) is 2.95. The van der Waals surface area contributed by atoms with Crippen LogP contribution in [-0.4, -0.2) is 10.7 Å². The second kappa shape index (κ2) is 4.36. The fourth-order valence-corrected chi connectivity index (χ4v) is 2.12. The second-order valence-electron chi connectivity index (χ2n) is 3.96. The molecule has 14 heavy (non-hydrogen) atoms. The Balaban J connectivity index is 2.07. The Bertz CT molecular complexity index is 299. The van der Waals surface area contributed by atoms with Crippen molar-refractivity contribution in [3.05, 3.63) is 30.1 Å². The molecule has 0 unspecified atom stereocenters. The Morgan fingerprint density at radius 3 is 2.64 bits per heavy atom. The largest absolute Gasteiger partial charge is 0.303 e. The Kier molecular flexibility index (Phi) is 2.92. The molecule has 0 aromatic carbocycles. The first kappa shape index (κ1) is 9.38. The van der Waals surface area contributed by atoms with E-state index in [-0.39, 0.29) is 0 Å². The van der Waals surface area contributed by atoms with E-state index in [0.29, 0.717) is 5.92 Å². The zero-order valence-electron chi connectivity index (χ0n) is 8.37. The smallest absolute Gasteiger partial charge is 0.0840 e. The highest BCUT2D eigenvalue weighted by atomic mass is 14.7. The molecule has 2 rings (SSSR count). The van der Waals surface area contributed by atoms with Gasteiger partial charge in [0.15, 0.2) is 0 Å². The molecule has 0 atom stereocenters. The van der Waals surface area contributed by atoms with Crippen molar-refractivity contribution in [1.29, 1.82) is 5.41 Å². The van der Waals surface area contributed by atoms with Gasteiger partial charge in [0.2, 0.25) is 0 Å². The van der Waals surface area contributed by atoms with Crippen LogP contribution in [0, 0.1) is 11.3 Å². The third kappa shape index (κ3) is 2.00. The van der Waals surface area contributed by atoms with Crippen molar-refractivity contribution >= 4 is 5.71 Å². The van der Waals surface area contributed by atoms with Gasteiger partial charge in [-0.1, -0.05) is 25.3 Å². The van der Waals surface area contributed by atoms with Gasteiger partial charge in [-0.2, -0.15) is 0 Å². The molecule has 1 aliphatic carbocycles. The second-order valence-corrected chi connectivity index (χ2v) is 3.96. The molecule has 1 aromatic rings. The van der Waals surface area contributed by atoms with Gasteiger partial charge in [0, 0.05) is 12.1 Å². The van der Waals surface area contributed by atoms with Crippen LogP contribution in [0.3, 0.4) is 0 Å². The van der Waals surface area contributed by atoms with Gasteiger partial charge in [-0.05, 0) is 25.0 Å². The number of aromatic nitrogens is 1. The summed E-state index contributed by atoms with van der Waals surface area (Å²) in [6.07, 6.45) is 8.02. The molecule has 1 aliphatic rings. The number of nitrogens with one attached hydrogen (secondary N) is 1. The van der Waals surface area contributed by atoms with E-state index >= 15 is 0 Å². The van der Waals surface area contributed by atoms with E-state index in [0.717, 1.165) is 11.4 Å². The van der Waals surface area contributed by atoms with Crippen molar-refractivity contribution in [3.8, 4) is 0 Å². The molecule has 1 fully saturated rings. The number of rotatable bonds is 2. The number of hydrogen-bond acceptors (Lipinski definition) is 2. The van der Waals surface area contributed by atoms with Gasteiger partial charge < -0.3 is 5.41 Å². The molecule has 74 valence electrons. The first-order valence-electron chi connectivity index (χ1n) is 5.38. The van der Waals surface area contributed by atoms with Crippen molar-refractivity contribution in [2.75, 3.05) is 0 Å². The van der Waals surface area contributed by atoms with Crippen molar-refractivity contribution in [2.24, 2.45) is 5.92 Å². The van der Waals surface area contributed by atoms with Gasteiger partial charge in [-0.3, -0.25) is 4.98 Å². The highest BCUT2D eigenvalue weighted by Crippen LogP contribution is 2.26. The molecular formula is C12H16N2. The molecule has 1 N–H and O–H groups in total. The van der Waals surface area contributed by atoms with Crippen molar-refractivity contribution < 1.29 is 0 Å². The summed E-state index contributed by atoms with van der Waals surface area (Å²) in [6, 6.07) is 5.80. The Labute approximate surface area is 84.9 Å². The molecule has 1 heterocycles. The molecule has 1 saturated carbocycles. The Morgan fingerprint density at radius 2 is 2.00 bits per heavy atom. The van der Waals surface area contributed by atoms with E-state index in [2.05, 4.69) is 4.98 Å². The maximum absolute atomic E-state index is 8.06. The van der Waals surface area contributed by atoms with Gasteiger partial charge in [-0.25, -0.2) is 0 Å². The van der Waals surface area contributed by atoms with E-state index < -0.39 is 0 Å². The van der Waals surface area contributed by atoms with Gasteiger partial charge >= 0.3 is 0 Å². The van der Waals surface area contributed by atoms with Crippen molar-refractivity contribution in [2.45, 2.75) is 32.1 Å². The molecular weight excluding hydrogens is 172 g/mol. The minimum atomic E-state index is 0.457. The molecule has 0 aliphatic heterocycles. The highest BCUT2D eigenvalue weighted by Gasteiger charge is 2.19. The van der Waals surface area contributed by atoms with Crippen LogP contribution >= 0.6 is 0 Å². The van der Waals surface area contributed by atoms with Crippen LogP contribution in [0.25, 0.3) is 0 Å². The maximum Gasteiger partial charge on any atom is 0.0840 e. The lowest BCUT2D eigenvalue weighted by Gasteiger charge is -2.21. The van der Waals surface area contributed by atoms with E-state index in [1.54, 1.807) is 6.20 Å². The van der Waals surface area contributed by atoms with Crippen LogP contribution in [0.1, 0.15) is 37.8 Å². The quantitative estimate of drug-likeness (QED) is 0.711. The van der Waals surface area contributed by atoms with Crippen molar-refractivity contribution in [3.63, 3.8) is 0 Å². The van der Waals surface area contributed by atoms with Gasteiger partial charge in [0.25, 0.3) is 0 Å². The molecule has 0 radical (unpaired) electrons. The Morgan fingerprint density at radius 1 is 1.21 bits per heavy atom. The van der Waals surface area contributed by atoms with Crippen LogP contribution < -0.4 is 0 Å². The zero-order chi connectivity index (χ0) is 9.80. The topological polar surface area (TPSA) is 36.7 Å². The van der Waals surface area contributed by atoms with Crippen LogP contribution in [-0.2, 0) is 0 Å². The van der Waals surface area contributed by atoms with E-state index in [9.17, 15) is 0 Å². The average molecular weight is 188 g/mol. The number of nitrogens with zero attached hydrogens (tertiary/aromatic N) is 1. The minimum absolute atomic E-state index is 0.457. The van der Waals surface area contributed by atoms with Gasteiger partial charge in [0.1, 0.15) is 0 Å². The predicted molar refractivity (Wildman–Crippen MR) is 57.6 cm³/mol. The first-order valence-corrected chi connectivity index (χ1v) is 5.38. The van der Waals surface area contributed by atoms with Crippen LogP contribution in [0.2, 0.25) is 0 Å². The lowest BCUT2D eigenvalue weighted by atomic mass is 9.84. The summed E-state index contributed by atoms with van der Waals surface area (Å²) < 4.78 is 0. The van der Waals surface area contributed by atoms with Crippen molar-refractivity contribution in [1.82, 2.24) is 4.98 Å². The van der Waals surface area contributed by atoms with Gasteiger partial charge in [-0.15, -0.1) is 0 Å². The van der Waals surface area contributed by atoms with E-state index in [1.165, 1.54) is 32.1 Å². The minimum Gasteiger partial charge on any atom is -0.303 e. The summed E-state index contributed by atoms with van der Waals surface area (Å²) in [4.78, 5) is 4.23. The summed E-state index contributed by atoms with van der Waals surface area (Å²) >= 11 is 0. The van der Waals surface area contributed by atoms with Gasteiger partial charge in [0.05, 0.1) is 11.4 Å². The molecule has 0 bridgehead atoms. The summed E-state index contributed by atoms with van der Waals surface area (Å²) in [5, 5.41) is 8.06. The SMILES string of the molecule is N=C(c1ccccn1)C1CCCCC1. The molecule has 1 aromatic heterocycles. The molecule has 0 amide bonds. The highest BCUT2D eigenvalue weighted by molar-refractivity contribution is 5.98. The molecule has 2 nitrogen and oxygen atoms in total. The van der Waals surface area contributed by atoms with Crippen LogP contribution in [0.5, 0.6) is 0 Å². The third-order valence-corrected chi connectivity index (χ3v) is 2.95. The average Bonchev–Trinajstić information content (AvgIpc) is 2.30. The molecule has 2 heteroatoms. The van der Waals surface area contributed by atoms with E-state index in [4.69, 9.17) is 5.41 Å². The standard InChI is InChI=1S/C12H16N2/c13-12(10-6-2-1-3-7-10)11-8-4-5-9-14-11/h4-5,8-10,13H,1-3,6-7H2. The lowest BCUT2D eigenvalue weighted by Crippen LogP contribution is -2.18. The summed E-state index contributed by atoms with van der Waals surface area (Å²) in [5.41, 5.74) is 1.60. The fraction of sp³-hybridized carbons (Fsp3) is 0.500. The van der Waals surface area contributed by atoms with E-state index in [1.807, 2.05) is 18.2 Å². The predicted octanol–water partition coefficient (Wildman–Crippen LogP) is 3.03. The van der Waals surface area contributed by atoms with Crippen LogP contribution in [0.4, 0.5) is 0 Å². The number of hydrogen-bond donors (Lipinski definition) is 1. The number of pyridine rings is 1. The van der Waals surface area contributed by atoms with Crippen LogP contribution in [0.15, 0.2) is 24.4 Å².